The molecule has 5 heteroatoms. The molecule has 2 aromatic rings. The predicted molar refractivity (Wildman–Crippen MR) is 97.7 cm³/mol. The van der Waals surface area contributed by atoms with Crippen molar-refractivity contribution >= 4 is 27.5 Å². The molecule has 4 nitrogen and oxygen atoms in total. The SMILES string of the molecule is Cc1cc(NC(=O)c2ccccc2OCC2CCCO2)ccc1Br. The average Bonchev–Trinajstić information content (AvgIpc) is 3.10. The second-order valence-corrected chi connectivity index (χ2v) is 6.71. The number of hydrogen-bond acceptors (Lipinski definition) is 3. The highest BCUT2D eigenvalue weighted by atomic mass is 79.9. The third kappa shape index (κ3) is 4.16. The van der Waals surface area contributed by atoms with Gasteiger partial charge in [0.1, 0.15) is 12.4 Å². The normalized spacial score (nSPS) is 16.8. The molecule has 1 atom stereocenters. The smallest absolute Gasteiger partial charge is 0.259 e. The summed E-state index contributed by atoms with van der Waals surface area (Å²) in [5, 5.41) is 2.92. The van der Waals surface area contributed by atoms with Gasteiger partial charge in [-0.05, 0) is 55.7 Å². The van der Waals surface area contributed by atoms with Crippen molar-refractivity contribution in [2.24, 2.45) is 0 Å². The number of para-hydroxylation sites is 1. The van der Waals surface area contributed by atoms with Crippen LogP contribution in [0.4, 0.5) is 5.69 Å². The molecule has 0 aliphatic carbocycles. The summed E-state index contributed by atoms with van der Waals surface area (Å²) in [5.74, 6) is 0.402. The van der Waals surface area contributed by atoms with Crippen molar-refractivity contribution < 1.29 is 14.3 Å². The second kappa shape index (κ2) is 7.81. The van der Waals surface area contributed by atoms with Gasteiger partial charge in [-0.1, -0.05) is 28.1 Å². The minimum absolute atomic E-state index is 0.121. The van der Waals surface area contributed by atoms with Crippen LogP contribution in [-0.4, -0.2) is 25.2 Å². The summed E-state index contributed by atoms with van der Waals surface area (Å²) in [6, 6.07) is 13.0. The maximum atomic E-state index is 12.6. The van der Waals surface area contributed by atoms with Gasteiger partial charge >= 0.3 is 0 Å². The summed E-state index contributed by atoms with van der Waals surface area (Å²) in [6.45, 7) is 3.25. The predicted octanol–water partition coefficient (Wildman–Crippen LogP) is 4.57. The Balaban J connectivity index is 1.70. The number of benzene rings is 2. The number of carbonyl (C=O) groups excluding carboxylic acids is 1. The van der Waals surface area contributed by atoms with Crippen LogP contribution in [0.5, 0.6) is 5.75 Å². The van der Waals surface area contributed by atoms with Gasteiger partial charge < -0.3 is 14.8 Å². The van der Waals surface area contributed by atoms with E-state index in [2.05, 4.69) is 21.2 Å². The minimum Gasteiger partial charge on any atom is -0.490 e. The molecule has 1 heterocycles. The molecule has 0 aromatic heterocycles. The van der Waals surface area contributed by atoms with Gasteiger partial charge in [0.05, 0.1) is 11.7 Å². The Bertz CT molecular complexity index is 726. The molecule has 1 aliphatic heterocycles. The van der Waals surface area contributed by atoms with E-state index < -0.39 is 0 Å². The van der Waals surface area contributed by atoms with E-state index >= 15 is 0 Å². The highest BCUT2D eigenvalue weighted by molar-refractivity contribution is 9.10. The van der Waals surface area contributed by atoms with E-state index in [1.807, 2.05) is 43.3 Å². The molecule has 1 amide bonds. The summed E-state index contributed by atoms with van der Waals surface area (Å²) < 4.78 is 12.4. The van der Waals surface area contributed by atoms with Crippen molar-refractivity contribution in [1.29, 1.82) is 0 Å². The molecule has 1 saturated heterocycles. The molecule has 1 unspecified atom stereocenters. The lowest BCUT2D eigenvalue weighted by Crippen LogP contribution is -2.19. The Hall–Kier alpha value is -1.85. The fourth-order valence-electron chi connectivity index (χ4n) is 2.66. The quantitative estimate of drug-likeness (QED) is 0.814. The van der Waals surface area contributed by atoms with Gasteiger partial charge in [-0.2, -0.15) is 0 Å². The maximum Gasteiger partial charge on any atom is 0.259 e. The topological polar surface area (TPSA) is 47.6 Å². The number of aryl methyl sites for hydroxylation is 1. The fourth-order valence-corrected chi connectivity index (χ4v) is 2.91. The molecule has 24 heavy (non-hydrogen) atoms. The zero-order chi connectivity index (χ0) is 16.9. The molecule has 0 bridgehead atoms. The zero-order valence-corrected chi connectivity index (χ0v) is 15.1. The summed E-state index contributed by atoms with van der Waals surface area (Å²) in [7, 11) is 0. The largest absolute Gasteiger partial charge is 0.490 e. The molecule has 0 spiro atoms. The van der Waals surface area contributed by atoms with Crippen LogP contribution < -0.4 is 10.1 Å². The monoisotopic (exact) mass is 389 g/mol. The van der Waals surface area contributed by atoms with Crippen LogP contribution in [0.25, 0.3) is 0 Å². The Morgan fingerprint density at radius 1 is 1.33 bits per heavy atom. The zero-order valence-electron chi connectivity index (χ0n) is 13.5. The lowest BCUT2D eigenvalue weighted by atomic mass is 10.1. The van der Waals surface area contributed by atoms with Crippen LogP contribution in [-0.2, 0) is 4.74 Å². The molecule has 0 radical (unpaired) electrons. The van der Waals surface area contributed by atoms with E-state index in [9.17, 15) is 4.79 Å². The third-order valence-corrected chi connectivity index (χ3v) is 4.89. The van der Waals surface area contributed by atoms with Gasteiger partial charge in [0.2, 0.25) is 0 Å². The first-order chi connectivity index (χ1) is 11.6. The molecule has 1 N–H and O–H groups in total. The van der Waals surface area contributed by atoms with Crippen molar-refractivity contribution in [3.63, 3.8) is 0 Å². The summed E-state index contributed by atoms with van der Waals surface area (Å²) in [5.41, 5.74) is 2.35. The van der Waals surface area contributed by atoms with E-state index in [-0.39, 0.29) is 12.0 Å². The Labute approximate surface area is 150 Å². The number of halogens is 1. The molecule has 3 rings (SSSR count). The Morgan fingerprint density at radius 2 is 2.17 bits per heavy atom. The van der Waals surface area contributed by atoms with E-state index in [0.29, 0.717) is 17.9 Å². The van der Waals surface area contributed by atoms with Crippen LogP contribution in [0.1, 0.15) is 28.8 Å². The van der Waals surface area contributed by atoms with Crippen molar-refractivity contribution in [2.45, 2.75) is 25.9 Å². The number of rotatable bonds is 5. The number of amides is 1. The van der Waals surface area contributed by atoms with Crippen LogP contribution >= 0.6 is 15.9 Å². The van der Waals surface area contributed by atoms with Gasteiger partial charge in [0, 0.05) is 16.8 Å². The van der Waals surface area contributed by atoms with Gasteiger partial charge in [-0.3, -0.25) is 4.79 Å². The Morgan fingerprint density at radius 3 is 2.92 bits per heavy atom. The number of carbonyl (C=O) groups is 1. The first-order valence-electron chi connectivity index (χ1n) is 8.04. The second-order valence-electron chi connectivity index (χ2n) is 5.86. The van der Waals surface area contributed by atoms with Crippen molar-refractivity contribution in [3.05, 3.63) is 58.1 Å². The standard InChI is InChI=1S/C19H20BrNO3/c1-13-11-14(8-9-17(13)20)21-19(22)16-6-2-3-7-18(16)24-12-15-5-4-10-23-15/h2-3,6-9,11,15H,4-5,10,12H2,1H3,(H,21,22). The number of anilines is 1. The van der Waals surface area contributed by atoms with Crippen LogP contribution in [0.3, 0.4) is 0 Å². The molecular weight excluding hydrogens is 370 g/mol. The van der Waals surface area contributed by atoms with Crippen LogP contribution in [0.2, 0.25) is 0 Å². The molecule has 1 fully saturated rings. The van der Waals surface area contributed by atoms with Crippen molar-refractivity contribution in [1.82, 2.24) is 0 Å². The highest BCUT2D eigenvalue weighted by Gasteiger charge is 2.18. The van der Waals surface area contributed by atoms with E-state index in [1.165, 1.54) is 0 Å². The van der Waals surface area contributed by atoms with Crippen molar-refractivity contribution in [3.8, 4) is 5.75 Å². The number of hydrogen-bond donors (Lipinski definition) is 1. The van der Waals surface area contributed by atoms with E-state index in [0.717, 1.165) is 35.2 Å². The van der Waals surface area contributed by atoms with Gasteiger partial charge in [0.15, 0.2) is 0 Å². The van der Waals surface area contributed by atoms with Gasteiger partial charge in [-0.15, -0.1) is 0 Å². The molecular formula is C19H20BrNO3. The van der Waals surface area contributed by atoms with Crippen LogP contribution in [0.15, 0.2) is 46.9 Å². The lowest BCUT2D eigenvalue weighted by Gasteiger charge is -2.14. The Kier molecular flexibility index (Phi) is 5.53. The molecule has 126 valence electrons. The lowest BCUT2D eigenvalue weighted by molar-refractivity contribution is 0.0673. The van der Waals surface area contributed by atoms with Gasteiger partial charge in [-0.25, -0.2) is 0 Å². The molecule has 2 aromatic carbocycles. The highest BCUT2D eigenvalue weighted by Crippen LogP contribution is 2.24. The van der Waals surface area contributed by atoms with Gasteiger partial charge in [0.25, 0.3) is 5.91 Å². The minimum atomic E-state index is -0.181. The van der Waals surface area contributed by atoms with Crippen LogP contribution in [0, 0.1) is 6.92 Å². The third-order valence-electron chi connectivity index (χ3n) is 4.00. The first-order valence-corrected chi connectivity index (χ1v) is 8.84. The fraction of sp³-hybridized carbons (Fsp3) is 0.316. The first kappa shape index (κ1) is 17.0. The summed E-state index contributed by atoms with van der Waals surface area (Å²) in [4.78, 5) is 12.6. The van der Waals surface area contributed by atoms with Crippen molar-refractivity contribution in [2.75, 3.05) is 18.5 Å². The molecule has 1 aliphatic rings. The van der Waals surface area contributed by atoms with E-state index in [1.54, 1.807) is 6.07 Å². The summed E-state index contributed by atoms with van der Waals surface area (Å²) in [6.07, 6.45) is 2.20. The maximum absolute atomic E-state index is 12.6. The van der Waals surface area contributed by atoms with E-state index in [4.69, 9.17) is 9.47 Å². The summed E-state index contributed by atoms with van der Waals surface area (Å²) >= 11 is 3.46. The molecule has 0 saturated carbocycles. The number of ether oxygens (including phenoxy) is 2. The average molecular weight is 390 g/mol. The number of nitrogens with one attached hydrogen (secondary N) is 1.